The van der Waals surface area contributed by atoms with Crippen molar-refractivity contribution < 1.29 is 18.3 Å². The molecule has 0 spiro atoms. The third-order valence-electron chi connectivity index (χ3n) is 2.99. The molecule has 0 radical (unpaired) electrons. The molecule has 7 nitrogen and oxygen atoms in total. The summed E-state index contributed by atoms with van der Waals surface area (Å²) in [6.07, 6.45) is 1.70. The zero-order valence-corrected chi connectivity index (χ0v) is 10.6. The first kappa shape index (κ1) is 12.7. The monoisotopic (exact) mass is 271 g/mol. The van der Waals surface area contributed by atoms with Crippen LogP contribution in [0.5, 0.6) is 0 Å². The summed E-state index contributed by atoms with van der Waals surface area (Å²) in [5, 5.41) is 8.83. The van der Waals surface area contributed by atoms with Gasteiger partial charge in [-0.25, -0.2) is 23.2 Å². The molecule has 0 aliphatic carbocycles. The standard InChI is InChI=1S/C10H13N3O4S/c1-13(7-2-3-18(16,17)5-7)9-4-8(10(14)15)11-6-12-9/h4,6-7H,2-3,5H2,1H3,(H,14,15). The molecule has 1 aromatic heterocycles. The van der Waals surface area contributed by atoms with Crippen molar-refractivity contribution >= 4 is 21.6 Å². The molecule has 8 heteroatoms. The molecule has 0 bridgehead atoms. The highest BCUT2D eigenvalue weighted by atomic mass is 32.2. The predicted molar refractivity (Wildman–Crippen MR) is 64.5 cm³/mol. The van der Waals surface area contributed by atoms with E-state index in [0.29, 0.717) is 12.2 Å². The average Bonchev–Trinajstić information content (AvgIpc) is 2.69. The molecule has 1 aliphatic rings. The third-order valence-corrected chi connectivity index (χ3v) is 4.74. The Morgan fingerprint density at radius 1 is 1.50 bits per heavy atom. The van der Waals surface area contributed by atoms with E-state index in [1.54, 1.807) is 11.9 Å². The minimum absolute atomic E-state index is 0.0793. The predicted octanol–water partition coefficient (Wildman–Crippen LogP) is -0.202. The summed E-state index contributed by atoms with van der Waals surface area (Å²) in [7, 11) is -1.27. The van der Waals surface area contributed by atoms with Crippen LogP contribution in [0.25, 0.3) is 0 Å². The van der Waals surface area contributed by atoms with Gasteiger partial charge in [0.15, 0.2) is 15.5 Å². The molecule has 1 saturated heterocycles. The number of nitrogens with zero attached hydrogens (tertiary/aromatic N) is 3. The van der Waals surface area contributed by atoms with Crippen molar-refractivity contribution in [1.29, 1.82) is 0 Å². The summed E-state index contributed by atoms with van der Waals surface area (Å²) in [6.45, 7) is 0. The van der Waals surface area contributed by atoms with Gasteiger partial charge in [-0.05, 0) is 6.42 Å². The number of sulfone groups is 1. The number of hydrogen-bond donors (Lipinski definition) is 1. The molecule has 2 heterocycles. The fourth-order valence-electron chi connectivity index (χ4n) is 1.92. The number of carbonyl (C=O) groups is 1. The minimum atomic E-state index is -2.98. The maximum Gasteiger partial charge on any atom is 0.354 e. The minimum Gasteiger partial charge on any atom is -0.477 e. The van der Waals surface area contributed by atoms with Crippen LogP contribution in [0, 0.1) is 0 Å². The smallest absolute Gasteiger partial charge is 0.354 e. The summed E-state index contributed by atoms with van der Waals surface area (Å²) in [5.74, 6) is -0.468. The second kappa shape index (κ2) is 4.52. The Labute approximate surface area is 104 Å². The van der Waals surface area contributed by atoms with Gasteiger partial charge < -0.3 is 10.0 Å². The van der Waals surface area contributed by atoms with Gasteiger partial charge in [0.05, 0.1) is 11.5 Å². The molecule has 0 aromatic carbocycles. The Balaban J connectivity index is 2.21. The third kappa shape index (κ3) is 2.58. The normalized spacial score (nSPS) is 21.7. The fourth-order valence-corrected chi connectivity index (χ4v) is 3.70. The number of hydrogen-bond acceptors (Lipinski definition) is 6. The Morgan fingerprint density at radius 2 is 2.22 bits per heavy atom. The van der Waals surface area contributed by atoms with Crippen molar-refractivity contribution in [3.05, 3.63) is 18.1 Å². The summed E-state index contributed by atoms with van der Waals surface area (Å²) >= 11 is 0. The second-order valence-corrected chi connectivity index (χ2v) is 6.46. The highest BCUT2D eigenvalue weighted by molar-refractivity contribution is 7.91. The van der Waals surface area contributed by atoms with Crippen LogP contribution in [-0.2, 0) is 9.84 Å². The molecule has 2 rings (SSSR count). The van der Waals surface area contributed by atoms with Crippen LogP contribution in [0.4, 0.5) is 5.82 Å². The fraction of sp³-hybridized carbons (Fsp3) is 0.500. The number of carboxylic acids is 1. The Morgan fingerprint density at radius 3 is 2.78 bits per heavy atom. The topological polar surface area (TPSA) is 100 Å². The summed E-state index contributed by atoms with van der Waals surface area (Å²) in [5.41, 5.74) is -0.104. The van der Waals surface area contributed by atoms with Crippen molar-refractivity contribution in [2.75, 3.05) is 23.5 Å². The van der Waals surface area contributed by atoms with Crippen LogP contribution in [0.15, 0.2) is 12.4 Å². The van der Waals surface area contributed by atoms with Gasteiger partial charge >= 0.3 is 5.97 Å². The van der Waals surface area contributed by atoms with Crippen molar-refractivity contribution in [2.45, 2.75) is 12.5 Å². The molecule has 1 aliphatic heterocycles. The van der Waals surface area contributed by atoms with Gasteiger partial charge in [0.2, 0.25) is 0 Å². The molecule has 1 aromatic rings. The second-order valence-electron chi connectivity index (χ2n) is 4.23. The lowest BCUT2D eigenvalue weighted by Crippen LogP contribution is -2.33. The Kier molecular flexibility index (Phi) is 3.20. The van der Waals surface area contributed by atoms with Crippen LogP contribution in [0.1, 0.15) is 16.9 Å². The van der Waals surface area contributed by atoms with Crippen molar-refractivity contribution in [3.8, 4) is 0 Å². The van der Waals surface area contributed by atoms with Crippen molar-refractivity contribution in [3.63, 3.8) is 0 Å². The number of aromatic carboxylic acids is 1. The maximum absolute atomic E-state index is 11.4. The molecule has 98 valence electrons. The number of anilines is 1. The molecule has 18 heavy (non-hydrogen) atoms. The van der Waals surface area contributed by atoms with Crippen LogP contribution >= 0.6 is 0 Å². The van der Waals surface area contributed by atoms with Gasteiger partial charge in [0, 0.05) is 19.2 Å². The summed E-state index contributed by atoms with van der Waals surface area (Å²) < 4.78 is 22.8. The van der Waals surface area contributed by atoms with Crippen LogP contribution in [0.3, 0.4) is 0 Å². The van der Waals surface area contributed by atoms with E-state index in [-0.39, 0.29) is 23.2 Å². The molecule has 0 amide bonds. The first-order valence-electron chi connectivity index (χ1n) is 5.37. The van der Waals surface area contributed by atoms with Crippen LogP contribution in [0.2, 0.25) is 0 Å². The van der Waals surface area contributed by atoms with Crippen molar-refractivity contribution in [2.24, 2.45) is 0 Å². The van der Waals surface area contributed by atoms with Crippen LogP contribution < -0.4 is 4.90 Å². The average molecular weight is 271 g/mol. The molecule has 0 saturated carbocycles. The lowest BCUT2D eigenvalue weighted by Gasteiger charge is -2.24. The highest BCUT2D eigenvalue weighted by Gasteiger charge is 2.31. The van der Waals surface area contributed by atoms with Crippen LogP contribution in [-0.4, -0.2) is 54.1 Å². The van der Waals surface area contributed by atoms with Gasteiger partial charge in [0.25, 0.3) is 0 Å². The van der Waals surface area contributed by atoms with E-state index < -0.39 is 15.8 Å². The molecule has 1 fully saturated rings. The molecule has 1 N–H and O–H groups in total. The first-order valence-corrected chi connectivity index (χ1v) is 7.20. The summed E-state index contributed by atoms with van der Waals surface area (Å²) in [6, 6.07) is 1.18. The lowest BCUT2D eigenvalue weighted by atomic mass is 10.2. The summed E-state index contributed by atoms with van der Waals surface area (Å²) in [4.78, 5) is 20.1. The zero-order valence-electron chi connectivity index (χ0n) is 9.78. The van der Waals surface area contributed by atoms with E-state index in [9.17, 15) is 13.2 Å². The lowest BCUT2D eigenvalue weighted by molar-refractivity contribution is 0.0690. The Hall–Kier alpha value is -1.70. The number of aromatic nitrogens is 2. The van der Waals surface area contributed by atoms with E-state index in [1.165, 1.54) is 12.4 Å². The maximum atomic E-state index is 11.4. The SMILES string of the molecule is CN(c1cc(C(=O)O)ncn1)C1CCS(=O)(=O)C1. The Bertz CT molecular complexity index is 572. The molecular weight excluding hydrogens is 258 g/mol. The van der Waals surface area contributed by atoms with E-state index in [2.05, 4.69) is 9.97 Å². The van der Waals surface area contributed by atoms with Gasteiger partial charge in [-0.1, -0.05) is 0 Å². The van der Waals surface area contributed by atoms with E-state index >= 15 is 0 Å². The van der Waals surface area contributed by atoms with E-state index in [0.717, 1.165) is 0 Å². The molecule has 1 atom stereocenters. The van der Waals surface area contributed by atoms with Gasteiger partial charge in [-0.15, -0.1) is 0 Å². The van der Waals surface area contributed by atoms with Gasteiger partial charge in [0.1, 0.15) is 12.1 Å². The molecular formula is C10H13N3O4S. The number of carboxylic acid groups (broad SMARTS) is 1. The number of rotatable bonds is 3. The quantitative estimate of drug-likeness (QED) is 0.812. The zero-order chi connectivity index (χ0) is 13.3. The van der Waals surface area contributed by atoms with E-state index in [1.807, 2.05) is 0 Å². The van der Waals surface area contributed by atoms with E-state index in [4.69, 9.17) is 5.11 Å². The highest BCUT2D eigenvalue weighted by Crippen LogP contribution is 2.21. The van der Waals surface area contributed by atoms with Gasteiger partial charge in [-0.3, -0.25) is 0 Å². The molecule has 1 unspecified atom stereocenters. The van der Waals surface area contributed by atoms with Crippen molar-refractivity contribution in [1.82, 2.24) is 9.97 Å². The van der Waals surface area contributed by atoms with Gasteiger partial charge in [-0.2, -0.15) is 0 Å². The largest absolute Gasteiger partial charge is 0.477 e. The first-order chi connectivity index (χ1) is 8.39.